The zero-order valence-electron chi connectivity index (χ0n) is 20.1. The van der Waals surface area contributed by atoms with Crippen molar-refractivity contribution in [2.75, 3.05) is 31.6 Å². The zero-order valence-corrected chi connectivity index (χ0v) is 21.8. The van der Waals surface area contributed by atoms with E-state index in [9.17, 15) is 4.39 Å². The average molecular weight is 494 g/mol. The molecular formula is C28H32FN3S2. The number of aromatic nitrogens is 1. The lowest BCUT2D eigenvalue weighted by Gasteiger charge is -2.41. The van der Waals surface area contributed by atoms with E-state index in [2.05, 4.69) is 48.9 Å². The summed E-state index contributed by atoms with van der Waals surface area (Å²) in [6, 6.07) is 13.8. The van der Waals surface area contributed by atoms with Crippen LogP contribution in [-0.2, 0) is 6.42 Å². The fraction of sp³-hybridized carbons (Fsp3) is 0.393. The minimum absolute atomic E-state index is 0.149. The first-order valence-electron chi connectivity index (χ1n) is 12.1. The Labute approximate surface area is 210 Å². The van der Waals surface area contributed by atoms with Gasteiger partial charge in [0.1, 0.15) is 5.82 Å². The monoisotopic (exact) mass is 493 g/mol. The van der Waals surface area contributed by atoms with Crippen LogP contribution in [0.25, 0.3) is 17.3 Å². The zero-order chi connectivity index (χ0) is 23.7. The molecule has 3 heterocycles. The Kier molecular flexibility index (Phi) is 7.19. The van der Waals surface area contributed by atoms with Crippen molar-refractivity contribution in [3.05, 3.63) is 70.5 Å². The summed E-state index contributed by atoms with van der Waals surface area (Å²) in [5, 5.41) is 0. The average Bonchev–Trinajstić information content (AvgIpc) is 2.94. The molecule has 0 amide bonds. The van der Waals surface area contributed by atoms with E-state index >= 15 is 0 Å². The van der Waals surface area contributed by atoms with Crippen LogP contribution < -0.4 is 4.90 Å². The van der Waals surface area contributed by atoms with E-state index in [1.54, 1.807) is 6.07 Å². The van der Waals surface area contributed by atoms with E-state index in [4.69, 9.17) is 4.98 Å². The lowest BCUT2D eigenvalue weighted by Crippen LogP contribution is -2.51. The molecule has 1 fully saturated rings. The van der Waals surface area contributed by atoms with Crippen molar-refractivity contribution in [3.8, 4) is 11.3 Å². The topological polar surface area (TPSA) is 19.4 Å². The standard InChI is InChI=1S/C28H32FN3S2/c1-19(2)15-23-17-25-27(26-24(28(25)34-33-23)9-4-5-12-30-26)32-14-13-31(3)22(18-32)11-10-20-7-6-8-21(29)16-20/h4-9,12,16-17,19,22H,10-11,13-15,18H2,1-3H3. The maximum absolute atomic E-state index is 13.7. The number of benzene rings is 1. The Morgan fingerprint density at radius 1 is 1.12 bits per heavy atom. The summed E-state index contributed by atoms with van der Waals surface area (Å²) in [4.78, 5) is 12.7. The summed E-state index contributed by atoms with van der Waals surface area (Å²) >= 11 is 0. The number of halogens is 1. The van der Waals surface area contributed by atoms with Gasteiger partial charge in [0.05, 0.1) is 11.4 Å². The molecule has 1 saturated heterocycles. The van der Waals surface area contributed by atoms with Crippen molar-refractivity contribution in [1.29, 1.82) is 0 Å². The number of allylic oxidation sites excluding steroid dienone is 1. The van der Waals surface area contributed by atoms with Gasteiger partial charge in [-0.05, 0) is 67.0 Å². The molecule has 3 aliphatic heterocycles. The number of anilines is 1. The van der Waals surface area contributed by atoms with Crippen LogP contribution in [0.4, 0.5) is 10.1 Å². The quantitative estimate of drug-likeness (QED) is 0.337. The van der Waals surface area contributed by atoms with E-state index in [-0.39, 0.29) is 5.82 Å². The van der Waals surface area contributed by atoms with Gasteiger partial charge in [-0.3, -0.25) is 9.88 Å². The third-order valence-electron chi connectivity index (χ3n) is 6.78. The lowest BCUT2D eigenvalue weighted by molar-refractivity contribution is 0.208. The largest absolute Gasteiger partial charge is 0.366 e. The Bertz CT molecular complexity index is 1160. The number of piperazine rings is 1. The first-order valence-corrected chi connectivity index (χ1v) is 14.3. The molecule has 1 atom stereocenters. The summed E-state index contributed by atoms with van der Waals surface area (Å²) in [6.45, 7) is 7.54. The minimum Gasteiger partial charge on any atom is -0.366 e. The van der Waals surface area contributed by atoms with Crippen LogP contribution in [-0.4, -0.2) is 42.6 Å². The summed E-state index contributed by atoms with van der Waals surface area (Å²) in [6.07, 6.45) is 7.35. The lowest BCUT2D eigenvalue weighted by atomic mass is 10.0. The highest BCUT2D eigenvalue weighted by Crippen LogP contribution is 2.56. The van der Waals surface area contributed by atoms with Crippen molar-refractivity contribution in [2.45, 2.75) is 44.0 Å². The number of fused-ring (bicyclic) bond motifs is 3. The summed E-state index contributed by atoms with van der Waals surface area (Å²) in [5.41, 5.74) is 6.08. The van der Waals surface area contributed by atoms with Crippen molar-refractivity contribution >= 4 is 33.4 Å². The van der Waals surface area contributed by atoms with E-state index in [0.717, 1.165) is 50.2 Å². The van der Waals surface area contributed by atoms with Crippen molar-refractivity contribution in [2.24, 2.45) is 5.92 Å². The predicted molar refractivity (Wildman–Crippen MR) is 145 cm³/mol. The van der Waals surface area contributed by atoms with Crippen molar-refractivity contribution in [3.63, 3.8) is 0 Å². The molecule has 1 unspecified atom stereocenters. The van der Waals surface area contributed by atoms with Gasteiger partial charge < -0.3 is 4.90 Å². The first kappa shape index (κ1) is 23.7. The fourth-order valence-electron chi connectivity index (χ4n) is 5.03. The number of hydrogen-bond acceptors (Lipinski definition) is 5. The van der Waals surface area contributed by atoms with Crippen LogP contribution in [0.2, 0.25) is 0 Å². The summed E-state index contributed by atoms with van der Waals surface area (Å²) in [5.74, 6) is 0.491. The summed E-state index contributed by atoms with van der Waals surface area (Å²) in [7, 11) is 6.02. The van der Waals surface area contributed by atoms with Gasteiger partial charge in [0, 0.05) is 47.9 Å². The van der Waals surface area contributed by atoms with Crippen LogP contribution in [0, 0.1) is 11.7 Å². The number of hydrogen-bond donors (Lipinski definition) is 0. The Morgan fingerprint density at radius 2 is 2.00 bits per heavy atom. The van der Waals surface area contributed by atoms with Crippen molar-refractivity contribution in [1.82, 2.24) is 9.88 Å². The van der Waals surface area contributed by atoms with Crippen LogP contribution >= 0.6 is 21.6 Å². The van der Waals surface area contributed by atoms with E-state index in [1.165, 1.54) is 32.7 Å². The first-order chi connectivity index (χ1) is 16.5. The summed E-state index contributed by atoms with van der Waals surface area (Å²) < 4.78 is 13.7. The Morgan fingerprint density at radius 3 is 2.82 bits per heavy atom. The van der Waals surface area contributed by atoms with Gasteiger partial charge in [0.25, 0.3) is 0 Å². The number of likely N-dealkylation sites (N-methyl/N-ethyl adjacent to an activating group) is 1. The number of rotatable bonds is 6. The molecule has 34 heavy (non-hydrogen) atoms. The van der Waals surface area contributed by atoms with Gasteiger partial charge >= 0.3 is 0 Å². The molecule has 1 aromatic rings. The smallest absolute Gasteiger partial charge is 0.123 e. The Hall–Kier alpha value is -2.02. The molecule has 0 N–H and O–H groups in total. The second kappa shape index (κ2) is 10.3. The molecule has 5 rings (SSSR count). The molecule has 178 valence electrons. The molecular weight excluding hydrogens is 461 g/mol. The van der Waals surface area contributed by atoms with E-state index in [0.29, 0.717) is 12.0 Å². The third kappa shape index (κ3) is 5.00. The highest BCUT2D eigenvalue weighted by molar-refractivity contribution is 8.78. The SMILES string of the molecule is CC(C)CC1=Cc2c(c3ccccnc-3c2N2CCN(C)C(CCc3cccc(F)c3)C2)SS1. The van der Waals surface area contributed by atoms with E-state index < -0.39 is 0 Å². The van der Waals surface area contributed by atoms with Crippen molar-refractivity contribution < 1.29 is 4.39 Å². The third-order valence-corrected chi connectivity index (χ3v) is 9.36. The van der Waals surface area contributed by atoms with Crippen LogP contribution in [0.15, 0.2) is 58.5 Å². The second-order valence-electron chi connectivity index (χ2n) is 9.81. The molecule has 0 spiro atoms. The molecule has 0 radical (unpaired) electrons. The van der Waals surface area contributed by atoms with Gasteiger partial charge in [0.2, 0.25) is 0 Å². The molecule has 0 saturated carbocycles. The van der Waals surface area contributed by atoms with Gasteiger partial charge in [0.15, 0.2) is 0 Å². The number of nitrogens with zero attached hydrogens (tertiary/aromatic N) is 3. The van der Waals surface area contributed by atoms with Crippen LogP contribution in [0.5, 0.6) is 0 Å². The maximum Gasteiger partial charge on any atom is 0.123 e. The fourth-order valence-corrected chi connectivity index (χ4v) is 7.74. The van der Waals surface area contributed by atoms with Gasteiger partial charge in [-0.2, -0.15) is 0 Å². The molecule has 0 aromatic heterocycles. The molecule has 1 aliphatic carbocycles. The van der Waals surface area contributed by atoms with Gasteiger partial charge in [-0.1, -0.05) is 59.7 Å². The van der Waals surface area contributed by atoms with Crippen LogP contribution in [0.3, 0.4) is 0 Å². The molecule has 1 aromatic carbocycles. The highest BCUT2D eigenvalue weighted by atomic mass is 33.1. The minimum atomic E-state index is -0.149. The Balaban J connectivity index is 1.46. The van der Waals surface area contributed by atoms with Gasteiger partial charge in [-0.15, -0.1) is 0 Å². The molecule has 0 bridgehead atoms. The normalized spacial score (nSPS) is 18.9. The predicted octanol–water partition coefficient (Wildman–Crippen LogP) is 7.22. The maximum atomic E-state index is 13.7. The van der Waals surface area contributed by atoms with Crippen LogP contribution in [0.1, 0.15) is 37.8 Å². The molecule has 6 heteroatoms. The van der Waals surface area contributed by atoms with Gasteiger partial charge in [-0.25, -0.2) is 4.39 Å². The molecule has 3 nitrogen and oxygen atoms in total. The van der Waals surface area contributed by atoms with E-state index in [1.807, 2.05) is 46.0 Å². The number of aryl methyl sites for hydroxylation is 1. The highest BCUT2D eigenvalue weighted by Gasteiger charge is 2.33. The second-order valence-corrected chi connectivity index (χ2v) is 12.1. The molecule has 4 aliphatic rings.